The second-order valence-corrected chi connectivity index (χ2v) is 11.8. The summed E-state index contributed by atoms with van der Waals surface area (Å²) in [6.45, 7) is 9.03. The molecule has 2 fully saturated rings. The van der Waals surface area contributed by atoms with Crippen LogP contribution >= 0.6 is 0 Å². The number of imide groups is 1. The van der Waals surface area contributed by atoms with E-state index < -0.39 is 5.97 Å². The second kappa shape index (κ2) is 13.2. The number of carboxylic acid groups (broad SMARTS) is 1. The van der Waals surface area contributed by atoms with E-state index in [4.69, 9.17) is 9.84 Å². The van der Waals surface area contributed by atoms with Crippen molar-refractivity contribution in [3.63, 3.8) is 0 Å². The van der Waals surface area contributed by atoms with E-state index in [-0.39, 0.29) is 42.1 Å². The normalized spacial score (nSPS) is 24.6. The number of benzene rings is 1. The molecule has 218 valence electrons. The monoisotopic (exact) mass is 551 g/mol. The number of phenols is 1. The van der Waals surface area contributed by atoms with Gasteiger partial charge in [0.2, 0.25) is 11.8 Å². The summed E-state index contributed by atoms with van der Waals surface area (Å²) in [7, 11) is 0. The molecule has 40 heavy (non-hydrogen) atoms. The van der Waals surface area contributed by atoms with Gasteiger partial charge < -0.3 is 14.9 Å². The summed E-state index contributed by atoms with van der Waals surface area (Å²) in [5.74, 6) is -1.25. The number of carboxylic acids is 1. The van der Waals surface area contributed by atoms with Crippen LogP contribution in [-0.2, 0) is 19.1 Å². The zero-order valence-electron chi connectivity index (χ0n) is 24.5. The third-order valence-corrected chi connectivity index (χ3v) is 8.99. The first-order valence-corrected chi connectivity index (χ1v) is 15.1. The first kappa shape index (κ1) is 30.0. The number of hydrogen-bond donors (Lipinski definition) is 2. The number of allylic oxidation sites excluding steroid dienone is 2. The van der Waals surface area contributed by atoms with Crippen LogP contribution in [0, 0.1) is 31.6 Å². The minimum absolute atomic E-state index is 0.0290. The molecule has 2 aliphatic heterocycles. The van der Waals surface area contributed by atoms with Gasteiger partial charge in [-0.2, -0.15) is 0 Å². The van der Waals surface area contributed by atoms with Crippen molar-refractivity contribution in [1.29, 1.82) is 0 Å². The number of aryl methyl sites for hydroxylation is 2. The molecule has 4 atom stereocenters. The van der Waals surface area contributed by atoms with Gasteiger partial charge in [-0.25, -0.2) is 0 Å². The molecule has 7 nitrogen and oxygen atoms in total. The molecular formula is C33H45NO6. The summed E-state index contributed by atoms with van der Waals surface area (Å²) >= 11 is 0. The molecule has 2 N–H and O–H groups in total. The third-order valence-electron chi connectivity index (χ3n) is 8.99. The summed E-state index contributed by atoms with van der Waals surface area (Å²) < 4.78 is 6.38. The summed E-state index contributed by atoms with van der Waals surface area (Å²) in [6, 6.07) is 4.04. The highest BCUT2D eigenvalue weighted by molar-refractivity contribution is 6.06. The quantitative estimate of drug-likeness (QED) is 0.168. The lowest BCUT2D eigenvalue weighted by Gasteiger charge is -2.32. The van der Waals surface area contributed by atoms with E-state index in [2.05, 4.69) is 19.9 Å². The number of carbonyl (C=O) groups excluding carboxylic acids is 2. The second-order valence-electron chi connectivity index (χ2n) is 11.8. The van der Waals surface area contributed by atoms with Crippen molar-refractivity contribution in [2.75, 3.05) is 13.2 Å². The summed E-state index contributed by atoms with van der Waals surface area (Å²) in [6.07, 6.45) is 9.42. The fraction of sp³-hybridized carbons (Fsp3) is 0.606. The number of amides is 2. The zero-order chi connectivity index (χ0) is 29.0. The van der Waals surface area contributed by atoms with Crippen LogP contribution in [0.1, 0.15) is 94.7 Å². The standard InChI is InChI=1S/C33H45NO6/c1-5-10-24-18-25-30(33(39)34(32(25)38)14-9-7-8-11-28(35)36)26-19-40-27(29(24)26)13-12-22(6-2)17-23-15-20(3)31(37)21(4)16-23/h15-17,25-27,30,37H,5-14,18-19H2,1-4H3,(H,35,36)/b22-17+/t25-,26+,27-,30-/m1/s1. The molecule has 1 aromatic rings. The van der Waals surface area contributed by atoms with Crippen LogP contribution in [0.4, 0.5) is 0 Å². The number of fused-ring (bicyclic) bond motifs is 3. The smallest absolute Gasteiger partial charge is 0.303 e. The maximum Gasteiger partial charge on any atom is 0.303 e. The van der Waals surface area contributed by atoms with Crippen molar-refractivity contribution in [1.82, 2.24) is 4.90 Å². The lowest BCUT2D eigenvalue weighted by molar-refractivity contribution is -0.141. The van der Waals surface area contributed by atoms with E-state index in [0.29, 0.717) is 44.6 Å². The predicted octanol–water partition coefficient (Wildman–Crippen LogP) is 6.34. The highest BCUT2D eigenvalue weighted by Crippen LogP contribution is 2.50. The Morgan fingerprint density at radius 3 is 2.42 bits per heavy atom. The lowest BCUT2D eigenvalue weighted by atomic mass is 9.68. The topological polar surface area (TPSA) is 104 Å². The SMILES string of the molecule is CCCC1=C2[C@@H](CC/C(=C/c3cc(C)c(O)c(C)c3)CC)OC[C@@H]2[C@@H]2C(=O)N(CCCCCC(=O)O)C(=O)[C@@H]2C1. The Morgan fingerprint density at radius 1 is 1.05 bits per heavy atom. The number of rotatable bonds is 13. The van der Waals surface area contributed by atoms with Gasteiger partial charge in [0.25, 0.3) is 0 Å². The maximum absolute atomic E-state index is 13.5. The molecule has 3 aliphatic rings. The minimum atomic E-state index is -0.815. The van der Waals surface area contributed by atoms with Crippen molar-refractivity contribution >= 4 is 23.9 Å². The molecule has 0 saturated carbocycles. The number of hydrogen-bond acceptors (Lipinski definition) is 5. The average molecular weight is 552 g/mol. The predicted molar refractivity (Wildman–Crippen MR) is 155 cm³/mol. The molecular weight excluding hydrogens is 506 g/mol. The molecule has 2 amide bonds. The van der Waals surface area contributed by atoms with Gasteiger partial charge in [0.15, 0.2) is 0 Å². The van der Waals surface area contributed by atoms with Crippen LogP contribution in [0.2, 0.25) is 0 Å². The van der Waals surface area contributed by atoms with E-state index >= 15 is 0 Å². The number of nitrogens with zero attached hydrogens (tertiary/aromatic N) is 1. The first-order chi connectivity index (χ1) is 19.2. The van der Waals surface area contributed by atoms with Crippen molar-refractivity contribution in [3.05, 3.63) is 45.5 Å². The van der Waals surface area contributed by atoms with Crippen LogP contribution < -0.4 is 0 Å². The number of aliphatic carboxylic acids is 1. The molecule has 0 spiro atoms. The molecule has 2 saturated heterocycles. The van der Waals surface area contributed by atoms with Crippen molar-refractivity contribution in [2.24, 2.45) is 17.8 Å². The molecule has 1 aromatic carbocycles. The number of unbranched alkanes of at least 4 members (excludes halogenated alkanes) is 2. The molecule has 0 radical (unpaired) electrons. The van der Waals surface area contributed by atoms with Crippen LogP contribution in [0.25, 0.3) is 6.08 Å². The van der Waals surface area contributed by atoms with Gasteiger partial charge in [-0.1, -0.05) is 43.9 Å². The van der Waals surface area contributed by atoms with Gasteiger partial charge >= 0.3 is 5.97 Å². The van der Waals surface area contributed by atoms with Gasteiger partial charge in [-0.05, 0) is 93.2 Å². The lowest BCUT2D eigenvalue weighted by Crippen LogP contribution is -2.34. The zero-order valence-corrected chi connectivity index (χ0v) is 24.5. The summed E-state index contributed by atoms with van der Waals surface area (Å²) in [4.78, 5) is 39.1. The van der Waals surface area contributed by atoms with Crippen LogP contribution in [0.3, 0.4) is 0 Å². The average Bonchev–Trinajstić information content (AvgIpc) is 3.44. The number of ether oxygens (including phenoxy) is 1. The maximum atomic E-state index is 13.5. The van der Waals surface area contributed by atoms with Gasteiger partial charge in [-0.15, -0.1) is 0 Å². The highest BCUT2D eigenvalue weighted by Gasteiger charge is 2.56. The van der Waals surface area contributed by atoms with Gasteiger partial charge in [0.05, 0.1) is 24.5 Å². The number of aromatic hydroxyl groups is 1. The third kappa shape index (κ3) is 6.35. The van der Waals surface area contributed by atoms with E-state index in [0.717, 1.165) is 48.8 Å². The van der Waals surface area contributed by atoms with E-state index in [1.54, 1.807) is 0 Å². The molecule has 0 bridgehead atoms. The summed E-state index contributed by atoms with van der Waals surface area (Å²) in [5, 5.41) is 19.0. The Bertz CT molecular complexity index is 1170. The van der Waals surface area contributed by atoms with Crippen molar-refractivity contribution in [2.45, 2.75) is 98.0 Å². The van der Waals surface area contributed by atoms with Crippen LogP contribution in [-0.4, -0.2) is 52.2 Å². The number of likely N-dealkylation sites (tertiary alicyclic amines) is 1. The molecule has 1 aliphatic carbocycles. The highest BCUT2D eigenvalue weighted by atomic mass is 16.5. The van der Waals surface area contributed by atoms with E-state index in [1.807, 2.05) is 26.0 Å². The molecule has 0 unspecified atom stereocenters. The molecule has 7 heteroatoms. The largest absolute Gasteiger partial charge is 0.507 e. The van der Waals surface area contributed by atoms with Crippen LogP contribution in [0.5, 0.6) is 5.75 Å². The Kier molecular flexibility index (Phi) is 9.88. The minimum Gasteiger partial charge on any atom is -0.507 e. The van der Waals surface area contributed by atoms with Gasteiger partial charge in [-0.3, -0.25) is 19.3 Å². The van der Waals surface area contributed by atoms with E-state index in [9.17, 15) is 19.5 Å². The molecule has 0 aromatic heterocycles. The number of carbonyl (C=O) groups is 3. The van der Waals surface area contributed by atoms with Crippen LogP contribution in [0.15, 0.2) is 28.9 Å². The van der Waals surface area contributed by atoms with E-state index in [1.165, 1.54) is 21.6 Å². The van der Waals surface area contributed by atoms with Gasteiger partial charge in [0.1, 0.15) is 5.75 Å². The van der Waals surface area contributed by atoms with Crippen molar-refractivity contribution < 1.29 is 29.3 Å². The summed E-state index contributed by atoms with van der Waals surface area (Å²) in [5.41, 5.74) is 6.76. The fourth-order valence-electron chi connectivity index (χ4n) is 7.00. The Balaban J connectivity index is 1.47. The first-order valence-electron chi connectivity index (χ1n) is 15.1. The number of phenolic OH excluding ortho intramolecular Hbond substituents is 1. The molecule has 2 heterocycles. The Labute approximate surface area is 238 Å². The van der Waals surface area contributed by atoms with Gasteiger partial charge in [0, 0.05) is 18.9 Å². The Hall–Kier alpha value is -2.93. The Morgan fingerprint density at radius 2 is 1.77 bits per heavy atom. The molecule has 4 rings (SSSR count). The fourth-order valence-corrected chi connectivity index (χ4v) is 7.00. The van der Waals surface area contributed by atoms with Crippen molar-refractivity contribution in [3.8, 4) is 5.75 Å².